The van der Waals surface area contributed by atoms with Crippen LogP contribution < -0.4 is 19.7 Å². The molecule has 8 heteroatoms. The number of fused-ring (bicyclic) bond motifs is 1. The number of anilines is 1. The van der Waals surface area contributed by atoms with Gasteiger partial charge in [0.1, 0.15) is 0 Å². The van der Waals surface area contributed by atoms with Crippen LogP contribution in [-0.4, -0.2) is 21.5 Å². The van der Waals surface area contributed by atoms with Gasteiger partial charge in [0.15, 0.2) is 16.6 Å². The summed E-state index contributed by atoms with van der Waals surface area (Å²) in [5.74, 6) is 1.47. The molecule has 6 nitrogen and oxygen atoms in total. The highest BCUT2D eigenvalue weighted by Crippen LogP contribution is 2.46. The molecule has 176 valence electrons. The van der Waals surface area contributed by atoms with Crippen molar-refractivity contribution in [3.05, 3.63) is 100 Å². The van der Waals surface area contributed by atoms with E-state index in [1.165, 1.54) is 5.56 Å². The third kappa shape index (κ3) is 3.68. The first-order valence-electron chi connectivity index (χ1n) is 11.4. The van der Waals surface area contributed by atoms with E-state index in [4.69, 9.17) is 21.7 Å². The lowest BCUT2D eigenvalue weighted by Crippen LogP contribution is -2.29. The number of rotatable bonds is 4. The molecule has 0 aliphatic carbocycles. The first-order chi connectivity index (χ1) is 17.0. The summed E-state index contributed by atoms with van der Waals surface area (Å²) >= 11 is 9.63. The van der Waals surface area contributed by atoms with Gasteiger partial charge in [-0.1, -0.05) is 18.2 Å². The zero-order valence-electron chi connectivity index (χ0n) is 19.2. The molecule has 0 saturated carbocycles. The molecule has 2 atom stereocenters. The SMILES string of the molecule is Cc1cc([C@@H]2[C@H](c3ccccn3)NC(=S)N2c2ccc3c(c2)OCO3)c(C)n1-c1ccccc1Br. The van der Waals surface area contributed by atoms with Gasteiger partial charge in [0.25, 0.3) is 0 Å². The topological polar surface area (TPSA) is 51.6 Å². The predicted molar refractivity (Wildman–Crippen MR) is 143 cm³/mol. The van der Waals surface area contributed by atoms with E-state index in [1.54, 1.807) is 0 Å². The Morgan fingerprint density at radius 3 is 2.60 bits per heavy atom. The number of benzene rings is 2. The van der Waals surface area contributed by atoms with Crippen molar-refractivity contribution < 1.29 is 9.47 Å². The molecule has 2 aliphatic rings. The van der Waals surface area contributed by atoms with Gasteiger partial charge in [-0.25, -0.2) is 0 Å². The molecule has 2 aromatic heterocycles. The monoisotopic (exact) mass is 546 g/mol. The van der Waals surface area contributed by atoms with Crippen molar-refractivity contribution in [1.29, 1.82) is 0 Å². The Hall–Kier alpha value is -3.36. The molecule has 6 rings (SSSR count). The minimum Gasteiger partial charge on any atom is -0.454 e. The molecule has 0 unspecified atom stereocenters. The zero-order chi connectivity index (χ0) is 24.1. The largest absolute Gasteiger partial charge is 0.454 e. The lowest BCUT2D eigenvalue weighted by atomic mass is 9.96. The number of aryl methyl sites for hydroxylation is 1. The molecule has 0 radical (unpaired) electrons. The summed E-state index contributed by atoms with van der Waals surface area (Å²) in [6, 6.07) is 22.2. The van der Waals surface area contributed by atoms with Gasteiger partial charge in [0.2, 0.25) is 6.79 Å². The number of para-hydroxylation sites is 1. The number of halogens is 1. The number of thiocarbonyl (C=S) groups is 1. The molecule has 1 fully saturated rings. The summed E-state index contributed by atoms with van der Waals surface area (Å²) in [6.07, 6.45) is 1.82. The number of hydrogen-bond acceptors (Lipinski definition) is 4. The van der Waals surface area contributed by atoms with Crippen molar-refractivity contribution in [2.45, 2.75) is 25.9 Å². The van der Waals surface area contributed by atoms with E-state index >= 15 is 0 Å². The van der Waals surface area contributed by atoms with Crippen LogP contribution in [0.3, 0.4) is 0 Å². The molecule has 1 saturated heterocycles. The number of nitrogens with zero attached hydrogens (tertiary/aromatic N) is 3. The van der Waals surface area contributed by atoms with E-state index in [2.05, 4.69) is 73.8 Å². The van der Waals surface area contributed by atoms with Crippen LogP contribution in [-0.2, 0) is 0 Å². The normalized spacial score (nSPS) is 18.7. The third-order valence-electron chi connectivity index (χ3n) is 6.61. The fourth-order valence-corrected chi connectivity index (χ4v) is 5.88. The zero-order valence-corrected chi connectivity index (χ0v) is 21.6. The number of hydrogen-bond donors (Lipinski definition) is 1. The maximum absolute atomic E-state index is 5.90. The average Bonchev–Trinajstić information content (AvgIpc) is 3.55. The van der Waals surface area contributed by atoms with Crippen LogP contribution in [0, 0.1) is 13.8 Å². The fourth-order valence-electron chi connectivity index (χ4n) is 5.07. The van der Waals surface area contributed by atoms with E-state index < -0.39 is 0 Å². The van der Waals surface area contributed by atoms with Gasteiger partial charge in [0, 0.05) is 33.8 Å². The summed E-state index contributed by atoms with van der Waals surface area (Å²) < 4.78 is 14.5. The Labute approximate surface area is 217 Å². The van der Waals surface area contributed by atoms with Crippen molar-refractivity contribution in [3.8, 4) is 17.2 Å². The van der Waals surface area contributed by atoms with Crippen molar-refractivity contribution >= 4 is 38.9 Å². The smallest absolute Gasteiger partial charge is 0.231 e. The Morgan fingerprint density at radius 2 is 1.80 bits per heavy atom. The van der Waals surface area contributed by atoms with Gasteiger partial charge < -0.3 is 24.3 Å². The summed E-state index contributed by atoms with van der Waals surface area (Å²) in [4.78, 5) is 6.85. The van der Waals surface area contributed by atoms with Crippen LogP contribution in [0.5, 0.6) is 11.5 Å². The molecule has 0 spiro atoms. The summed E-state index contributed by atoms with van der Waals surface area (Å²) in [5.41, 5.74) is 6.46. The van der Waals surface area contributed by atoms with E-state index in [0.29, 0.717) is 5.11 Å². The minimum absolute atomic E-state index is 0.111. The maximum Gasteiger partial charge on any atom is 0.231 e. The Balaban J connectivity index is 1.52. The van der Waals surface area contributed by atoms with Crippen molar-refractivity contribution in [3.63, 3.8) is 0 Å². The molecule has 0 bridgehead atoms. The van der Waals surface area contributed by atoms with Gasteiger partial charge in [-0.05, 0) is 90.0 Å². The number of nitrogens with one attached hydrogen (secondary N) is 1. The first-order valence-corrected chi connectivity index (χ1v) is 12.6. The molecule has 2 aromatic carbocycles. The van der Waals surface area contributed by atoms with E-state index in [-0.39, 0.29) is 18.9 Å². The maximum atomic E-state index is 5.90. The van der Waals surface area contributed by atoms with Crippen molar-refractivity contribution in [2.24, 2.45) is 0 Å². The average molecular weight is 547 g/mol. The predicted octanol–water partition coefficient (Wildman–Crippen LogP) is 6.16. The van der Waals surface area contributed by atoms with Gasteiger partial charge in [-0.15, -0.1) is 0 Å². The van der Waals surface area contributed by atoms with Crippen LogP contribution in [0.2, 0.25) is 0 Å². The molecular formula is C27H23BrN4O2S. The Kier molecular flexibility index (Phi) is 5.50. The van der Waals surface area contributed by atoms with Crippen LogP contribution in [0.1, 0.15) is 34.7 Å². The van der Waals surface area contributed by atoms with Gasteiger partial charge in [-0.2, -0.15) is 0 Å². The van der Waals surface area contributed by atoms with Gasteiger partial charge in [-0.3, -0.25) is 4.98 Å². The molecular weight excluding hydrogens is 524 g/mol. The molecule has 4 heterocycles. The van der Waals surface area contributed by atoms with Gasteiger partial charge >= 0.3 is 0 Å². The highest BCUT2D eigenvalue weighted by atomic mass is 79.9. The first kappa shape index (κ1) is 22.1. The third-order valence-corrected chi connectivity index (χ3v) is 7.60. The molecule has 2 aliphatic heterocycles. The summed E-state index contributed by atoms with van der Waals surface area (Å²) in [5, 5.41) is 4.19. The Morgan fingerprint density at radius 1 is 1.00 bits per heavy atom. The number of ether oxygens (including phenoxy) is 2. The van der Waals surface area contributed by atoms with E-state index in [0.717, 1.165) is 44.4 Å². The highest BCUT2D eigenvalue weighted by molar-refractivity contribution is 9.10. The second kappa shape index (κ2) is 8.70. The van der Waals surface area contributed by atoms with E-state index in [1.807, 2.05) is 48.7 Å². The fraction of sp³-hybridized carbons (Fsp3) is 0.185. The molecule has 1 N–H and O–H groups in total. The van der Waals surface area contributed by atoms with Crippen LogP contribution in [0.4, 0.5) is 5.69 Å². The van der Waals surface area contributed by atoms with E-state index in [9.17, 15) is 0 Å². The standard InChI is InChI=1S/C27H23BrN4O2S/c1-16-13-19(17(2)31(16)22-9-4-3-7-20(22)28)26-25(21-8-5-6-12-29-21)30-27(35)32(26)18-10-11-23-24(14-18)34-15-33-23/h3-14,25-26H,15H2,1-2H3,(H,30,35)/t25-,26+/m0/s1. The lowest BCUT2D eigenvalue weighted by Gasteiger charge is -2.28. The molecule has 35 heavy (non-hydrogen) atoms. The quantitative estimate of drug-likeness (QED) is 0.309. The Bertz CT molecular complexity index is 1440. The second-order valence-corrected chi connectivity index (χ2v) is 9.89. The molecule has 0 amide bonds. The number of aromatic nitrogens is 2. The van der Waals surface area contributed by atoms with Crippen LogP contribution >= 0.6 is 28.1 Å². The minimum atomic E-state index is -0.123. The summed E-state index contributed by atoms with van der Waals surface area (Å²) in [6.45, 7) is 4.53. The lowest BCUT2D eigenvalue weighted by molar-refractivity contribution is 0.174. The van der Waals surface area contributed by atoms with Crippen LogP contribution in [0.25, 0.3) is 5.69 Å². The van der Waals surface area contributed by atoms with Crippen molar-refractivity contribution in [1.82, 2.24) is 14.9 Å². The number of pyridine rings is 1. The summed E-state index contributed by atoms with van der Waals surface area (Å²) in [7, 11) is 0. The van der Waals surface area contributed by atoms with Gasteiger partial charge in [0.05, 0.1) is 23.5 Å². The molecule has 4 aromatic rings. The van der Waals surface area contributed by atoms with Crippen LogP contribution in [0.15, 0.2) is 77.4 Å². The highest BCUT2D eigenvalue weighted by Gasteiger charge is 2.42. The second-order valence-electron chi connectivity index (χ2n) is 8.65. The van der Waals surface area contributed by atoms with Crippen molar-refractivity contribution in [2.75, 3.05) is 11.7 Å².